The molecule has 3 rings (SSSR count). The van der Waals surface area contributed by atoms with Crippen LogP contribution in [0.25, 0.3) is 10.4 Å². The lowest BCUT2D eigenvalue weighted by Crippen LogP contribution is -1.93. The summed E-state index contributed by atoms with van der Waals surface area (Å²) in [6.07, 6.45) is 3.37. The minimum absolute atomic E-state index is 0.562. The van der Waals surface area contributed by atoms with Crippen LogP contribution in [-0.2, 0) is 12.8 Å². The van der Waals surface area contributed by atoms with Gasteiger partial charge in [0.05, 0.1) is 11.8 Å². The Morgan fingerprint density at radius 1 is 1.28 bits per heavy atom. The van der Waals surface area contributed by atoms with Crippen molar-refractivity contribution in [2.45, 2.75) is 12.8 Å². The molecule has 92 valence electrons. The highest BCUT2D eigenvalue weighted by molar-refractivity contribution is 7.13. The van der Waals surface area contributed by atoms with Crippen LogP contribution in [0, 0.1) is 0 Å². The van der Waals surface area contributed by atoms with Crippen molar-refractivity contribution < 1.29 is 4.42 Å². The number of aromatic nitrogens is 2. The molecule has 0 aliphatic heterocycles. The highest BCUT2D eigenvalue weighted by Crippen LogP contribution is 2.32. The number of nitrogens with two attached hydrogens (primary N) is 1. The maximum absolute atomic E-state index is 5.92. The fourth-order valence-corrected chi connectivity index (χ4v) is 2.78. The summed E-state index contributed by atoms with van der Waals surface area (Å²) in [7, 11) is 0. The number of anilines is 1. The van der Waals surface area contributed by atoms with Crippen molar-refractivity contribution in [3.8, 4) is 10.4 Å². The molecular weight excluding hydrogens is 246 g/mol. The molecule has 0 saturated heterocycles. The molecule has 18 heavy (non-hydrogen) atoms. The Labute approximate surface area is 108 Å². The van der Waals surface area contributed by atoms with Gasteiger partial charge < -0.3 is 10.2 Å². The van der Waals surface area contributed by atoms with Crippen molar-refractivity contribution in [3.05, 3.63) is 47.4 Å². The minimum atomic E-state index is 0.562. The van der Waals surface area contributed by atoms with E-state index in [0.29, 0.717) is 5.82 Å². The number of hydrogen-bond acceptors (Lipinski definition) is 4. The molecule has 0 bridgehead atoms. The van der Waals surface area contributed by atoms with Gasteiger partial charge in [-0.2, -0.15) is 5.10 Å². The molecule has 0 aromatic carbocycles. The fourth-order valence-electron chi connectivity index (χ4n) is 1.97. The van der Waals surface area contributed by atoms with Gasteiger partial charge in [0, 0.05) is 17.0 Å². The van der Waals surface area contributed by atoms with Crippen molar-refractivity contribution in [1.29, 1.82) is 0 Å². The van der Waals surface area contributed by atoms with Crippen LogP contribution in [0.3, 0.4) is 0 Å². The zero-order valence-corrected chi connectivity index (χ0v) is 10.5. The summed E-state index contributed by atoms with van der Waals surface area (Å²) in [5, 5.41) is 9.16. The number of nitrogen functional groups attached to an aromatic ring is 1. The molecule has 3 heterocycles. The summed E-state index contributed by atoms with van der Waals surface area (Å²) in [4.78, 5) is 1.15. The van der Waals surface area contributed by atoms with Gasteiger partial charge in [0.2, 0.25) is 0 Å². The smallest absolute Gasteiger partial charge is 0.154 e. The Kier molecular flexibility index (Phi) is 2.90. The summed E-state index contributed by atoms with van der Waals surface area (Å²) in [6.45, 7) is 0. The molecule has 0 fully saturated rings. The number of nitrogens with one attached hydrogen (secondary N) is 1. The number of hydrogen-bond donors (Lipinski definition) is 2. The number of furan rings is 1. The number of H-pyrrole nitrogens is 1. The predicted molar refractivity (Wildman–Crippen MR) is 72.4 cm³/mol. The molecule has 0 unspecified atom stereocenters. The topological polar surface area (TPSA) is 67.8 Å². The van der Waals surface area contributed by atoms with Crippen LogP contribution in [0.1, 0.15) is 11.5 Å². The van der Waals surface area contributed by atoms with Crippen LogP contribution in [-0.4, -0.2) is 10.2 Å². The molecule has 0 atom stereocenters. The van der Waals surface area contributed by atoms with Crippen molar-refractivity contribution in [1.82, 2.24) is 10.2 Å². The molecule has 4 nitrogen and oxygen atoms in total. The third-order valence-corrected chi connectivity index (χ3v) is 3.73. The molecule has 0 amide bonds. The van der Waals surface area contributed by atoms with Crippen molar-refractivity contribution in [3.63, 3.8) is 0 Å². The third-order valence-electron chi connectivity index (χ3n) is 2.84. The molecule has 3 aromatic heterocycles. The van der Waals surface area contributed by atoms with Crippen molar-refractivity contribution in [2.24, 2.45) is 0 Å². The van der Waals surface area contributed by atoms with Gasteiger partial charge in [0.15, 0.2) is 5.82 Å². The first-order valence-electron chi connectivity index (χ1n) is 5.73. The van der Waals surface area contributed by atoms with Gasteiger partial charge in [0.1, 0.15) is 5.76 Å². The van der Waals surface area contributed by atoms with E-state index in [4.69, 9.17) is 10.2 Å². The molecule has 3 aromatic rings. The van der Waals surface area contributed by atoms with E-state index in [2.05, 4.69) is 16.3 Å². The Balaban J connectivity index is 1.84. The van der Waals surface area contributed by atoms with Crippen LogP contribution in [0.4, 0.5) is 5.82 Å². The molecule has 0 spiro atoms. The number of aryl methyl sites for hydroxylation is 2. The second-order valence-corrected chi connectivity index (χ2v) is 4.97. The SMILES string of the molecule is Nc1n[nH]c(CCc2ccco2)c1-c1cccs1. The summed E-state index contributed by atoms with van der Waals surface area (Å²) in [5.41, 5.74) is 8.01. The van der Waals surface area contributed by atoms with Gasteiger partial charge in [-0.25, -0.2) is 0 Å². The first kappa shape index (κ1) is 11.1. The Morgan fingerprint density at radius 2 is 2.22 bits per heavy atom. The van der Waals surface area contributed by atoms with E-state index in [9.17, 15) is 0 Å². The fraction of sp³-hybridized carbons (Fsp3) is 0.154. The number of aromatic amines is 1. The first-order valence-corrected chi connectivity index (χ1v) is 6.61. The Bertz CT molecular complexity index is 611. The molecule has 5 heteroatoms. The van der Waals surface area contributed by atoms with Gasteiger partial charge in [-0.1, -0.05) is 6.07 Å². The summed E-state index contributed by atoms with van der Waals surface area (Å²) in [6, 6.07) is 7.95. The van der Waals surface area contributed by atoms with Crippen LogP contribution < -0.4 is 5.73 Å². The third kappa shape index (κ3) is 2.04. The molecule has 0 aliphatic carbocycles. The standard InChI is InChI=1S/C13H13N3OS/c14-13-12(11-4-2-8-18-11)10(15-16-13)6-5-9-3-1-7-17-9/h1-4,7-8H,5-6H2,(H3,14,15,16). The van der Waals surface area contributed by atoms with Crippen molar-refractivity contribution >= 4 is 17.2 Å². The van der Waals surface area contributed by atoms with Crippen LogP contribution in [0.15, 0.2) is 40.3 Å². The van der Waals surface area contributed by atoms with E-state index in [1.54, 1.807) is 17.6 Å². The van der Waals surface area contributed by atoms with E-state index in [1.807, 2.05) is 23.6 Å². The maximum atomic E-state index is 5.92. The van der Waals surface area contributed by atoms with Crippen LogP contribution in [0.2, 0.25) is 0 Å². The molecule has 0 radical (unpaired) electrons. The quantitative estimate of drug-likeness (QED) is 0.756. The van der Waals surface area contributed by atoms with E-state index in [-0.39, 0.29) is 0 Å². The van der Waals surface area contributed by atoms with Gasteiger partial charge in [-0.05, 0) is 30.0 Å². The second kappa shape index (κ2) is 4.70. The highest BCUT2D eigenvalue weighted by atomic mass is 32.1. The van der Waals surface area contributed by atoms with E-state index in [0.717, 1.165) is 34.7 Å². The van der Waals surface area contributed by atoms with E-state index < -0.39 is 0 Å². The lowest BCUT2D eigenvalue weighted by atomic mass is 10.1. The largest absolute Gasteiger partial charge is 0.469 e. The predicted octanol–water partition coefficient (Wildman–Crippen LogP) is 3.10. The Hall–Kier alpha value is -2.01. The van der Waals surface area contributed by atoms with Crippen LogP contribution in [0.5, 0.6) is 0 Å². The number of rotatable bonds is 4. The lowest BCUT2D eigenvalue weighted by Gasteiger charge is -2.00. The van der Waals surface area contributed by atoms with Gasteiger partial charge in [-0.15, -0.1) is 11.3 Å². The molecule has 3 N–H and O–H groups in total. The number of nitrogens with zero attached hydrogens (tertiary/aromatic N) is 1. The first-order chi connectivity index (χ1) is 8.84. The molecule has 0 aliphatic rings. The summed E-state index contributed by atoms with van der Waals surface area (Å²) in [5.74, 6) is 1.53. The lowest BCUT2D eigenvalue weighted by molar-refractivity contribution is 0.507. The Morgan fingerprint density at radius 3 is 2.94 bits per heavy atom. The average molecular weight is 259 g/mol. The normalized spacial score (nSPS) is 10.9. The molecule has 0 saturated carbocycles. The van der Waals surface area contributed by atoms with Gasteiger partial charge in [-0.3, -0.25) is 5.10 Å². The van der Waals surface area contributed by atoms with Crippen molar-refractivity contribution in [2.75, 3.05) is 5.73 Å². The monoisotopic (exact) mass is 259 g/mol. The van der Waals surface area contributed by atoms with Gasteiger partial charge in [0.25, 0.3) is 0 Å². The maximum Gasteiger partial charge on any atom is 0.154 e. The number of thiophene rings is 1. The van der Waals surface area contributed by atoms with Gasteiger partial charge >= 0.3 is 0 Å². The van der Waals surface area contributed by atoms with E-state index >= 15 is 0 Å². The zero-order valence-electron chi connectivity index (χ0n) is 9.72. The minimum Gasteiger partial charge on any atom is -0.469 e. The molecular formula is C13H13N3OS. The average Bonchev–Trinajstić information content (AvgIpc) is 3.07. The summed E-state index contributed by atoms with van der Waals surface area (Å²) < 4.78 is 5.33. The van der Waals surface area contributed by atoms with E-state index in [1.165, 1.54) is 0 Å². The second-order valence-electron chi connectivity index (χ2n) is 4.02. The van der Waals surface area contributed by atoms with Crippen LogP contribution >= 0.6 is 11.3 Å². The summed E-state index contributed by atoms with van der Waals surface area (Å²) >= 11 is 1.67. The highest BCUT2D eigenvalue weighted by Gasteiger charge is 2.14. The zero-order chi connectivity index (χ0) is 12.4.